The third-order valence-electron chi connectivity index (χ3n) is 1.38. The first kappa shape index (κ1) is 8.93. The molecule has 0 saturated carbocycles. The van der Waals surface area contributed by atoms with E-state index in [2.05, 4.69) is 4.98 Å². The molecule has 1 aromatic heterocycles. The van der Waals surface area contributed by atoms with Gasteiger partial charge in [0.05, 0.1) is 24.3 Å². The Hall–Kier alpha value is -2.16. The number of nitrogens with zero attached hydrogens (tertiary/aromatic N) is 3. The highest BCUT2D eigenvalue weighted by Gasteiger charge is 2.15. The largest absolute Gasteiger partial charge is 0.495 e. The van der Waals surface area contributed by atoms with E-state index in [1.807, 2.05) is 0 Å². The van der Waals surface area contributed by atoms with Crippen LogP contribution < -0.4 is 4.74 Å². The van der Waals surface area contributed by atoms with E-state index in [-0.39, 0.29) is 17.1 Å². The summed E-state index contributed by atoms with van der Waals surface area (Å²) in [4.78, 5) is 13.3. The molecule has 0 aliphatic heterocycles. The van der Waals surface area contributed by atoms with Crippen molar-refractivity contribution in [2.75, 3.05) is 7.11 Å². The van der Waals surface area contributed by atoms with Crippen molar-refractivity contribution in [2.45, 2.75) is 0 Å². The average Bonchev–Trinajstić information content (AvgIpc) is 2.16. The fourth-order valence-electron chi connectivity index (χ4n) is 0.772. The normalized spacial score (nSPS) is 8.92. The van der Waals surface area contributed by atoms with Gasteiger partial charge in [-0.2, -0.15) is 5.26 Å². The zero-order chi connectivity index (χ0) is 9.84. The van der Waals surface area contributed by atoms with Crippen molar-refractivity contribution in [2.24, 2.45) is 0 Å². The highest BCUT2D eigenvalue weighted by Crippen LogP contribution is 2.20. The SMILES string of the molecule is COc1cnc(C#N)c([N+](=O)[O-])c1. The Kier molecular flexibility index (Phi) is 2.40. The van der Waals surface area contributed by atoms with Gasteiger partial charge in [0.15, 0.2) is 0 Å². The van der Waals surface area contributed by atoms with Crippen LogP contribution in [-0.4, -0.2) is 17.0 Å². The molecule has 0 atom stereocenters. The maximum absolute atomic E-state index is 10.4. The molecule has 0 aliphatic carbocycles. The lowest BCUT2D eigenvalue weighted by molar-refractivity contribution is -0.385. The number of aromatic nitrogens is 1. The molecule has 0 radical (unpaired) electrons. The maximum Gasteiger partial charge on any atom is 0.309 e. The van der Waals surface area contributed by atoms with Gasteiger partial charge >= 0.3 is 5.69 Å². The lowest BCUT2D eigenvalue weighted by Crippen LogP contribution is -1.96. The van der Waals surface area contributed by atoms with E-state index in [1.165, 1.54) is 13.3 Å². The molecule has 1 rings (SSSR count). The van der Waals surface area contributed by atoms with Crippen LogP contribution in [-0.2, 0) is 0 Å². The molecule has 0 spiro atoms. The van der Waals surface area contributed by atoms with Crippen LogP contribution in [0.25, 0.3) is 0 Å². The first-order valence-electron chi connectivity index (χ1n) is 3.27. The third kappa shape index (κ3) is 1.70. The fraction of sp³-hybridized carbons (Fsp3) is 0.143. The number of nitro groups is 1. The van der Waals surface area contributed by atoms with Crippen LogP contribution in [0.5, 0.6) is 5.75 Å². The summed E-state index contributed by atoms with van der Waals surface area (Å²) >= 11 is 0. The Morgan fingerprint density at radius 1 is 1.77 bits per heavy atom. The van der Waals surface area contributed by atoms with Gasteiger partial charge in [-0.15, -0.1) is 0 Å². The van der Waals surface area contributed by atoms with E-state index >= 15 is 0 Å². The fourth-order valence-corrected chi connectivity index (χ4v) is 0.772. The smallest absolute Gasteiger partial charge is 0.309 e. The molecule has 0 N–H and O–H groups in total. The van der Waals surface area contributed by atoms with Crippen LogP contribution in [0.3, 0.4) is 0 Å². The number of ether oxygens (including phenoxy) is 1. The van der Waals surface area contributed by atoms with Crippen LogP contribution in [0.15, 0.2) is 12.3 Å². The lowest BCUT2D eigenvalue weighted by Gasteiger charge is -1.98. The molecule has 0 aliphatic rings. The van der Waals surface area contributed by atoms with Crippen molar-refractivity contribution >= 4 is 5.69 Å². The molecule has 0 bridgehead atoms. The molecule has 1 heterocycles. The van der Waals surface area contributed by atoms with Crippen LogP contribution in [0.2, 0.25) is 0 Å². The van der Waals surface area contributed by atoms with Crippen LogP contribution >= 0.6 is 0 Å². The molecule has 66 valence electrons. The third-order valence-corrected chi connectivity index (χ3v) is 1.38. The number of rotatable bonds is 2. The van der Waals surface area contributed by atoms with Gasteiger partial charge in [0, 0.05) is 0 Å². The summed E-state index contributed by atoms with van der Waals surface area (Å²) in [5.74, 6) is 0.255. The Bertz CT molecular complexity index is 383. The molecule has 0 aromatic carbocycles. The van der Waals surface area contributed by atoms with Gasteiger partial charge in [-0.25, -0.2) is 4.98 Å². The zero-order valence-electron chi connectivity index (χ0n) is 6.72. The average molecular weight is 179 g/mol. The predicted octanol–water partition coefficient (Wildman–Crippen LogP) is 0.870. The van der Waals surface area contributed by atoms with Gasteiger partial charge in [-0.3, -0.25) is 10.1 Å². The second-order valence-corrected chi connectivity index (χ2v) is 2.11. The highest BCUT2D eigenvalue weighted by atomic mass is 16.6. The second kappa shape index (κ2) is 3.49. The van der Waals surface area contributed by atoms with E-state index in [1.54, 1.807) is 6.07 Å². The lowest BCUT2D eigenvalue weighted by atomic mass is 10.3. The number of pyridine rings is 1. The molecule has 6 nitrogen and oxygen atoms in total. The van der Waals surface area contributed by atoms with E-state index in [9.17, 15) is 10.1 Å². The minimum atomic E-state index is -0.673. The van der Waals surface area contributed by atoms with Crippen molar-refractivity contribution in [3.05, 3.63) is 28.1 Å². The van der Waals surface area contributed by atoms with Crippen molar-refractivity contribution in [1.82, 2.24) is 4.98 Å². The predicted molar refractivity (Wildman–Crippen MR) is 42.2 cm³/mol. The van der Waals surface area contributed by atoms with Gasteiger partial charge in [-0.05, 0) is 0 Å². The van der Waals surface area contributed by atoms with E-state index < -0.39 is 4.92 Å². The minimum Gasteiger partial charge on any atom is -0.495 e. The first-order chi connectivity index (χ1) is 6.19. The zero-order valence-corrected chi connectivity index (χ0v) is 6.72. The summed E-state index contributed by atoms with van der Waals surface area (Å²) < 4.78 is 4.73. The number of hydrogen-bond donors (Lipinski definition) is 0. The molecule has 13 heavy (non-hydrogen) atoms. The second-order valence-electron chi connectivity index (χ2n) is 2.11. The molecular weight excluding hydrogens is 174 g/mol. The highest BCUT2D eigenvalue weighted by molar-refractivity contribution is 5.46. The standard InChI is InChI=1S/C7H5N3O3/c1-13-5-2-7(10(11)12)6(3-8)9-4-5/h2,4H,1H3. The first-order valence-corrected chi connectivity index (χ1v) is 3.27. The summed E-state index contributed by atoms with van der Waals surface area (Å²) in [6, 6.07) is 2.78. The van der Waals surface area contributed by atoms with Crippen LogP contribution in [0.4, 0.5) is 5.69 Å². The van der Waals surface area contributed by atoms with Crippen molar-refractivity contribution in [1.29, 1.82) is 5.26 Å². The molecule has 0 unspecified atom stereocenters. The summed E-state index contributed by atoms with van der Waals surface area (Å²) in [5.41, 5.74) is -0.562. The summed E-state index contributed by atoms with van der Waals surface area (Å²) in [5, 5.41) is 18.9. The molecule has 1 aromatic rings. The van der Waals surface area contributed by atoms with Gasteiger partial charge in [-0.1, -0.05) is 0 Å². The summed E-state index contributed by atoms with van der Waals surface area (Å²) in [6.07, 6.45) is 1.26. The Balaban J connectivity index is 3.28. The minimum absolute atomic E-state index is 0.217. The molecular formula is C7H5N3O3. The maximum atomic E-state index is 10.4. The van der Waals surface area contributed by atoms with Crippen molar-refractivity contribution < 1.29 is 9.66 Å². The van der Waals surface area contributed by atoms with E-state index in [4.69, 9.17) is 10.00 Å². The van der Waals surface area contributed by atoms with Gasteiger partial charge < -0.3 is 4.74 Å². The Morgan fingerprint density at radius 3 is 2.92 bits per heavy atom. The monoisotopic (exact) mass is 179 g/mol. The Labute approximate surface area is 73.5 Å². The van der Waals surface area contributed by atoms with E-state index in [0.29, 0.717) is 0 Å². The molecule has 0 fully saturated rings. The van der Waals surface area contributed by atoms with Crippen molar-refractivity contribution in [3.63, 3.8) is 0 Å². The quantitative estimate of drug-likeness (QED) is 0.496. The van der Waals surface area contributed by atoms with Gasteiger partial charge in [0.2, 0.25) is 5.69 Å². The van der Waals surface area contributed by atoms with E-state index in [0.717, 1.165) is 6.07 Å². The van der Waals surface area contributed by atoms with Crippen LogP contribution in [0.1, 0.15) is 5.69 Å². The molecule has 6 heteroatoms. The number of hydrogen-bond acceptors (Lipinski definition) is 5. The van der Waals surface area contributed by atoms with Gasteiger partial charge in [0.1, 0.15) is 11.8 Å². The molecule has 0 amide bonds. The topological polar surface area (TPSA) is 89.0 Å². The Morgan fingerprint density at radius 2 is 2.46 bits per heavy atom. The van der Waals surface area contributed by atoms with Crippen LogP contribution in [0, 0.1) is 21.4 Å². The van der Waals surface area contributed by atoms with Gasteiger partial charge in [0.25, 0.3) is 0 Å². The summed E-state index contributed by atoms with van der Waals surface area (Å²) in [6.45, 7) is 0. The molecule has 0 saturated heterocycles. The number of methoxy groups -OCH3 is 1. The summed E-state index contributed by atoms with van der Waals surface area (Å²) in [7, 11) is 1.37. The van der Waals surface area contributed by atoms with Crippen molar-refractivity contribution in [3.8, 4) is 11.8 Å². The number of nitriles is 1.